The number of para-hydroxylation sites is 1. The van der Waals surface area contributed by atoms with E-state index >= 15 is 0 Å². The van der Waals surface area contributed by atoms with Crippen LogP contribution in [0.1, 0.15) is 17.5 Å². The number of rotatable bonds is 5. The molecular formula is C16H17N3OS. The number of aryl methyl sites for hydroxylation is 1. The molecule has 0 fully saturated rings. The summed E-state index contributed by atoms with van der Waals surface area (Å²) in [5, 5.41) is 5.23. The van der Waals surface area contributed by atoms with Crippen molar-refractivity contribution in [1.29, 1.82) is 0 Å². The summed E-state index contributed by atoms with van der Waals surface area (Å²) in [4.78, 5) is 9.97. The summed E-state index contributed by atoms with van der Waals surface area (Å²) in [6, 6.07) is 10.1. The largest absolute Gasteiger partial charge is 0.486 e. The molecule has 1 N–H and O–H groups in total. The van der Waals surface area contributed by atoms with Crippen molar-refractivity contribution in [2.45, 2.75) is 20.5 Å². The number of benzene rings is 1. The molecule has 0 aliphatic heterocycles. The molecule has 0 spiro atoms. The smallest absolute Gasteiger partial charge is 0.182 e. The minimum Gasteiger partial charge on any atom is -0.486 e. The molecule has 3 rings (SSSR count). The predicted molar refractivity (Wildman–Crippen MR) is 87.1 cm³/mol. The second-order valence-electron chi connectivity index (χ2n) is 4.73. The minimum absolute atomic E-state index is 0.512. The molecule has 3 aromatic rings. The second kappa shape index (κ2) is 6.10. The molecule has 5 heteroatoms. The van der Waals surface area contributed by atoms with E-state index in [9.17, 15) is 0 Å². The van der Waals surface area contributed by atoms with Crippen LogP contribution in [0.15, 0.2) is 36.5 Å². The summed E-state index contributed by atoms with van der Waals surface area (Å²) >= 11 is 1.62. The number of pyridine rings is 1. The van der Waals surface area contributed by atoms with Crippen molar-refractivity contribution in [3.05, 3.63) is 47.1 Å². The molecule has 0 unspecified atom stereocenters. The van der Waals surface area contributed by atoms with Crippen molar-refractivity contribution in [3.8, 4) is 5.75 Å². The van der Waals surface area contributed by atoms with Crippen LogP contribution in [0.5, 0.6) is 5.75 Å². The molecule has 4 nitrogen and oxygen atoms in total. The zero-order chi connectivity index (χ0) is 14.7. The Morgan fingerprint density at radius 1 is 1.24 bits per heavy atom. The zero-order valence-corrected chi connectivity index (χ0v) is 12.9. The monoisotopic (exact) mass is 299 g/mol. The van der Waals surface area contributed by atoms with Crippen LogP contribution in [0.4, 0.5) is 5.13 Å². The topological polar surface area (TPSA) is 47.0 Å². The number of ether oxygens (including phenoxy) is 1. The normalized spacial score (nSPS) is 10.8. The molecular weight excluding hydrogens is 282 g/mol. The molecule has 0 saturated carbocycles. The third kappa shape index (κ3) is 3.13. The maximum absolute atomic E-state index is 5.93. The van der Waals surface area contributed by atoms with Gasteiger partial charge in [-0.1, -0.05) is 29.5 Å². The third-order valence-electron chi connectivity index (χ3n) is 3.07. The summed E-state index contributed by atoms with van der Waals surface area (Å²) < 4.78 is 5.93. The van der Waals surface area contributed by atoms with Crippen molar-refractivity contribution in [1.82, 2.24) is 9.97 Å². The molecule has 0 saturated heterocycles. The van der Waals surface area contributed by atoms with Gasteiger partial charge in [-0.15, -0.1) is 0 Å². The van der Waals surface area contributed by atoms with Crippen molar-refractivity contribution >= 4 is 27.4 Å². The Hall–Kier alpha value is -2.14. The first-order valence-electron chi connectivity index (χ1n) is 6.94. The lowest BCUT2D eigenvalue weighted by Crippen LogP contribution is -1.95. The van der Waals surface area contributed by atoms with Gasteiger partial charge in [0.25, 0.3) is 0 Å². The maximum atomic E-state index is 5.93. The highest BCUT2D eigenvalue weighted by atomic mass is 32.1. The Morgan fingerprint density at radius 2 is 2.14 bits per heavy atom. The molecule has 0 radical (unpaired) electrons. The van der Waals surface area contributed by atoms with Gasteiger partial charge in [-0.25, -0.2) is 9.97 Å². The van der Waals surface area contributed by atoms with Crippen molar-refractivity contribution in [3.63, 3.8) is 0 Å². The van der Waals surface area contributed by atoms with E-state index in [0.29, 0.717) is 6.61 Å². The number of thiazole rings is 1. The lowest BCUT2D eigenvalue weighted by Gasteiger charge is -2.08. The molecule has 2 aromatic heterocycles. The van der Waals surface area contributed by atoms with Crippen LogP contribution in [0.3, 0.4) is 0 Å². The van der Waals surface area contributed by atoms with Gasteiger partial charge < -0.3 is 10.1 Å². The predicted octanol–water partition coefficient (Wildman–Crippen LogP) is 4.01. The molecule has 1 aromatic carbocycles. The van der Waals surface area contributed by atoms with E-state index in [1.54, 1.807) is 11.3 Å². The number of fused-ring (bicyclic) bond motifs is 1. The minimum atomic E-state index is 0.512. The van der Waals surface area contributed by atoms with Crippen molar-refractivity contribution in [2.75, 3.05) is 11.9 Å². The molecule has 108 valence electrons. The number of aromatic nitrogens is 2. The fourth-order valence-corrected chi connectivity index (χ4v) is 2.88. The summed E-state index contributed by atoms with van der Waals surface area (Å²) in [7, 11) is 0. The molecule has 0 aliphatic rings. The zero-order valence-electron chi connectivity index (χ0n) is 12.1. The number of nitrogens with zero attached hydrogens (tertiary/aromatic N) is 2. The van der Waals surface area contributed by atoms with Gasteiger partial charge in [0.15, 0.2) is 5.13 Å². The fraction of sp³-hybridized carbons (Fsp3) is 0.250. The molecule has 0 aliphatic carbocycles. The SMILES string of the molecule is CCNc1ncc(COc2cccc3ccc(C)nc23)s1. The molecule has 21 heavy (non-hydrogen) atoms. The number of hydrogen-bond donors (Lipinski definition) is 1. The van der Waals surface area contributed by atoms with E-state index in [-0.39, 0.29) is 0 Å². The Morgan fingerprint density at radius 3 is 3.00 bits per heavy atom. The van der Waals surface area contributed by atoms with Crippen molar-refractivity contribution in [2.24, 2.45) is 0 Å². The van der Waals surface area contributed by atoms with E-state index < -0.39 is 0 Å². The van der Waals surface area contributed by atoms with Crippen molar-refractivity contribution < 1.29 is 4.74 Å². The van der Waals surface area contributed by atoms with E-state index in [4.69, 9.17) is 4.74 Å². The number of hydrogen-bond acceptors (Lipinski definition) is 5. The average Bonchev–Trinajstić information content (AvgIpc) is 2.93. The van der Waals surface area contributed by atoms with Crippen LogP contribution >= 0.6 is 11.3 Å². The lowest BCUT2D eigenvalue weighted by atomic mass is 10.2. The highest BCUT2D eigenvalue weighted by Crippen LogP contribution is 2.26. The van der Waals surface area contributed by atoms with Crippen LogP contribution < -0.4 is 10.1 Å². The Labute approximate surface area is 127 Å². The van der Waals surface area contributed by atoms with Gasteiger partial charge in [0.2, 0.25) is 0 Å². The molecule has 0 amide bonds. The van der Waals surface area contributed by atoms with Crippen LogP contribution in [0, 0.1) is 6.92 Å². The Bertz CT molecular complexity index is 754. The maximum Gasteiger partial charge on any atom is 0.182 e. The van der Waals surface area contributed by atoms with Crippen LogP contribution in [-0.4, -0.2) is 16.5 Å². The second-order valence-corrected chi connectivity index (χ2v) is 5.85. The van der Waals surface area contributed by atoms with Crippen LogP contribution in [0.25, 0.3) is 10.9 Å². The van der Waals surface area contributed by atoms with E-state index in [1.165, 1.54) is 0 Å². The van der Waals surface area contributed by atoms with Gasteiger partial charge >= 0.3 is 0 Å². The Kier molecular flexibility index (Phi) is 4.01. The molecule has 0 bridgehead atoms. The van der Waals surface area contributed by atoms with E-state index in [2.05, 4.69) is 28.3 Å². The van der Waals surface area contributed by atoms with Gasteiger partial charge in [-0.05, 0) is 26.0 Å². The van der Waals surface area contributed by atoms with Crippen LogP contribution in [-0.2, 0) is 6.61 Å². The molecule has 0 atom stereocenters. The highest BCUT2D eigenvalue weighted by Gasteiger charge is 2.06. The first kappa shape index (κ1) is 13.8. The van der Waals surface area contributed by atoms with Gasteiger partial charge in [0.05, 0.1) is 4.88 Å². The number of anilines is 1. The summed E-state index contributed by atoms with van der Waals surface area (Å²) in [6.07, 6.45) is 1.85. The Balaban J connectivity index is 1.79. The standard InChI is InChI=1S/C16H17N3OS/c1-3-17-16-18-9-13(21-16)10-20-14-6-4-5-12-8-7-11(2)19-15(12)14/h4-9H,3,10H2,1-2H3,(H,17,18). The first-order valence-corrected chi connectivity index (χ1v) is 7.75. The van der Waals surface area contributed by atoms with Gasteiger partial charge in [0, 0.05) is 23.8 Å². The average molecular weight is 299 g/mol. The first-order chi connectivity index (χ1) is 10.3. The number of nitrogens with one attached hydrogen (secondary N) is 1. The fourth-order valence-electron chi connectivity index (χ4n) is 2.09. The van der Waals surface area contributed by atoms with Gasteiger partial charge in [0.1, 0.15) is 17.9 Å². The summed E-state index contributed by atoms with van der Waals surface area (Å²) in [5.74, 6) is 0.814. The lowest BCUT2D eigenvalue weighted by molar-refractivity contribution is 0.313. The quantitative estimate of drug-likeness (QED) is 0.773. The summed E-state index contributed by atoms with van der Waals surface area (Å²) in [6.45, 7) is 5.43. The summed E-state index contributed by atoms with van der Waals surface area (Å²) in [5.41, 5.74) is 1.90. The van der Waals surface area contributed by atoms with E-state index in [0.717, 1.165) is 38.9 Å². The van der Waals surface area contributed by atoms with Crippen LogP contribution in [0.2, 0.25) is 0 Å². The highest BCUT2D eigenvalue weighted by molar-refractivity contribution is 7.15. The van der Waals surface area contributed by atoms with Gasteiger partial charge in [-0.3, -0.25) is 0 Å². The van der Waals surface area contributed by atoms with E-state index in [1.807, 2.05) is 37.4 Å². The van der Waals surface area contributed by atoms with Gasteiger partial charge in [-0.2, -0.15) is 0 Å². The third-order valence-corrected chi connectivity index (χ3v) is 4.00. The molecule has 2 heterocycles.